The van der Waals surface area contributed by atoms with E-state index in [-0.39, 0.29) is 33.7 Å². The Morgan fingerprint density at radius 2 is 1.95 bits per heavy atom. The fraction of sp³-hybridized carbons (Fsp3) is 0.346. The molecule has 0 bridgehead atoms. The van der Waals surface area contributed by atoms with Crippen molar-refractivity contribution in [3.63, 3.8) is 0 Å². The molecule has 4 heterocycles. The van der Waals surface area contributed by atoms with E-state index in [1.165, 1.54) is 40.4 Å². The molecule has 1 aliphatic rings. The molecule has 4 unspecified atom stereocenters. The molecule has 4 atom stereocenters. The number of ether oxygens (including phenoxy) is 1. The van der Waals surface area contributed by atoms with E-state index in [2.05, 4.69) is 41.3 Å². The molecule has 10 nitrogen and oxygen atoms in total. The number of nitrogens with zero attached hydrogens (tertiary/aromatic N) is 7. The zero-order chi connectivity index (χ0) is 29.9. The van der Waals surface area contributed by atoms with Crippen molar-refractivity contribution in [1.82, 2.24) is 34.7 Å². The van der Waals surface area contributed by atoms with Crippen molar-refractivity contribution in [1.29, 1.82) is 0 Å². The highest BCUT2D eigenvalue weighted by Gasteiger charge is 2.43. The molecule has 0 spiro atoms. The Labute approximate surface area is 247 Å². The number of thiazole rings is 1. The summed E-state index contributed by atoms with van der Waals surface area (Å²) in [5.74, 6) is -0.233. The Balaban J connectivity index is 1.41. The van der Waals surface area contributed by atoms with Crippen LogP contribution in [0.2, 0.25) is 0 Å². The molecule has 1 aliphatic heterocycles. The molecule has 1 saturated heterocycles. The third kappa shape index (κ3) is 5.21. The quantitative estimate of drug-likeness (QED) is 0.248. The van der Waals surface area contributed by atoms with Crippen LogP contribution in [0.3, 0.4) is 0 Å². The molecule has 0 aliphatic carbocycles. The Kier molecular flexibility index (Phi) is 7.37. The van der Waals surface area contributed by atoms with Crippen molar-refractivity contribution in [3.05, 3.63) is 69.0 Å². The van der Waals surface area contributed by atoms with Crippen LogP contribution in [0.25, 0.3) is 27.2 Å². The topological polar surface area (TPSA) is 124 Å². The van der Waals surface area contributed by atoms with Crippen molar-refractivity contribution in [3.8, 4) is 16.9 Å². The van der Waals surface area contributed by atoms with Gasteiger partial charge in [0.05, 0.1) is 49.8 Å². The Morgan fingerprint density at radius 3 is 2.67 bits per heavy atom. The van der Waals surface area contributed by atoms with Crippen LogP contribution in [0.4, 0.5) is 17.6 Å². The fourth-order valence-electron chi connectivity index (χ4n) is 5.06. The Hall–Kier alpha value is -3.31. The van der Waals surface area contributed by atoms with Gasteiger partial charge in [-0.2, -0.15) is 18.3 Å². The first-order valence-electron chi connectivity index (χ1n) is 12.7. The second-order valence-electron chi connectivity index (χ2n) is 9.85. The number of aliphatic hydroxyl groups is 2. The van der Waals surface area contributed by atoms with E-state index in [9.17, 15) is 27.8 Å². The van der Waals surface area contributed by atoms with Gasteiger partial charge in [-0.3, -0.25) is 0 Å². The van der Waals surface area contributed by atoms with Gasteiger partial charge < -0.3 is 14.9 Å². The fourth-order valence-corrected chi connectivity index (χ4v) is 6.15. The number of aromatic nitrogens is 7. The third-order valence-corrected chi connectivity index (χ3v) is 8.56. The Bertz CT molecular complexity index is 1790. The van der Waals surface area contributed by atoms with E-state index < -0.39 is 48.5 Å². The number of halogens is 5. The van der Waals surface area contributed by atoms with Gasteiger partial charge in [-0.15, -0.1) is 16.4 Å². The minimum atomic E-state index is -4.72. The van der Waals surface area contributed by atoms with Gasteiger partial charge in [0, 0.05) is 12.0 Å². The van der Waals surface area contributed by atoms with Gasteiger partial charge in [0.25, 0.3) is 0 Å². The second-order valence-corrected chi connectivity index (χ2v) is 11.9. The summed E-state index contributed by atoms with van der Waals surface area (Å²) in [6.07, 6.45) is -6.55. The average Bonchev–Trinajstić information content (AvgIpc) is 3.66. The summed E-state index contributed by atoms with van der Waals surface area (Å²) in [6.45, 7) is 2.67. The normalized spacial score (nSPS) is 21.4. The standard InChI is InChI=1S/C26H22BrF4N7O3S/c1-11-32-25(38(35-11)19-8-23-17(33-12(2)42-23)6-14(19)26(29,30)31)21-7-20(24(40)22(10-39)41-21)37-9-18(34-36-37)13-3-4-15(27)16(28)5-13/h3-6,8-9,20-22,24,39-40H,7,10H2,1-2H3. The molecular weight excluding hydrogens is 646 g/mol. The lowest BCUT2D eigenvalue weighted by Gasteiger charge is -2.38. The number of hydrogen-bond donors (Lipinski definition) is 2. The lowest BCUT2D eigenvalue weighted by atomic mass is 9.95. The number of benzene rings is 2. The maximum absolute atomic E-state index is 14.3. The highest BCUT2D eigenvalue weighted by molar-refractivity contribution is 9.10. The van der Waals surface area contributed by atoms with Crippen LogP contribution < -0.4 is 0 Å². The Morgan fingerprint density at radius 1 is 1.17 bits per heavy atom. The summed E-state index contributed by atoms with van der Waals surface area (Å²) in [5, 5.41) is 34.2. The highest BCUT2D eigenvalue weighted by Crippen LogP contribution is 2.41. The van der Waals surface area contributed by atoms with Gasteiger partial charge in [-0.25, -0.2) is 23.7 Å². The molecule has 0 saturated carbocycles. The SMILES string of the molecule is Cc1nc(C2CC(n3cc(-c4ccc(Br)c(F)c4)nn3)C(O)C(CO)O2)n(-c2cc3sc(C)nc3cc2C(F)(F)F)n1. The van der Waals surface area contributed by atoms with Crippen molar-refractivity contribution in [2.45, 2.75) is 50.8 Å². The number of rotatable bonds is 5. The van der Waals surface area contributed by atoms with E-state index in [1.54, 1.807) is 19.9 Å². The lowest BCUT2D eigenvalue weighted by molar-refractivity contribution is -0.161. The van der Waals surface area contributed by atoms with Gasteiger partial charge >= 0.3 is 6.18 Å². The van der Waals surface area contributed by atoms with Crippen LogP contribution in [-0.4, -0.2) is 63.8 Å². The summed E-state index contributed by atoms with van der Waals surface area (Å²) in [6, 6.07) is 6.00. The van der Waals surface area contributed by atoms with Gasteiger partial charge in [-0.05, 0) is 54.0 Å². The minimum Gasteiger partial charge on any atom is -0.394 e. The first kappa shape index (κ1) is 28.8. The van der Waals surface area contributed by atoms with Gasteiger partial charge in [-0.1, -0.05) is 11.3 Å². The maximum Gasteiger partial charge on any atom is 0.418 e. The van der Waals surface area contributed by atoms with Crippen LogP contribution in [0.1, 0.15) is 40.8 Å². The number of aliphatic hydroxyl groups excluding tert-OH is 2. The van der Waals surface area contributed by atoms with Crippen LogP contribution in [0.5, 0.6) is 0 Å². The molecule has 6 rings (SSSR count). The summed E-state index contributed by atoms with van der Waals surface area (Å²) in [5.41, 5.74) is -0.194. The maximum atomic E-state index is 14.3. The number of hydrogen-bond acceptors (Lipinski definition) is 9. The predicted molar refractivity (Wildman–Crippen MR) is 146 cm³/mol. The molecule has 2 aromatic carbocycles. The molecule has 1 fully saturated rings. The third-order valence-electron chi connectivity index (χ3n) is 6.99. The zero-order valence-electron chi connectivity index (χ0n) is 21.9. The molecule has 220 valence electrons. The molecule has 0 radical (unpaired) electrons. The van der Waals surface area contributed by atoms with E-state index in [0.717, 1.165) is 10.7 Å². The molecule has 0 amide bonds. The summed E-state index contributed by atoms with van der Waals surface area (Å²) in [7, 11) is 0. The van der Waals surface area contributed by atoms with Gasteiger partial charge in [0.2, 0.25) is 0 Å². The van der Waals surface area contributed by atoms with E-state index >= 15 is 0 Å². The molecule has 42 heavy (non-hydrogen) atoms. The monoisotopic (exact) mass is 667 g/mol. The number of alkyl halides is 3. The second kappa shape index (κ2) is 10.8. The van der Waals surface area contributed by atoms with Crippen LogP contribution >= 0.6 is 27.3 Å². The van der Waals surface area contributed by atoms with Crippen molar-refractivity contribution in [2.24, 2.45) is 0 Å². The molecule has 5 aromatic rings. The van der Waals surface area contributed by atoms with E-state index in [4.69, 9.17) is 4.74 Å². The van der Waals surface area contributed by atoms with Gasteiger partial charge in [0.15, 0.2) is 5.82 Å². The number of aryl methyl sites for hydroxylation is 2. The predicted octanol–water partition coefficient (Wildman–Crippen LogP) is 5.10. The van der Waals surface area contributed by atoms with Crippen LogP contribution in [0.15, 0.2) is 41.0 Å². The molecule has 3 aromatic heterocycles. The smallest absolute Gasteiger partial charge is 0.394 e. The van der Waals surface area contributed by atoms with Crippen LogP contribution in [0, 0.1) is 19.7 Å². The van der Waals surface area contributed by atoms with Crippen LogP contribution in [-0.2, 0) is 10.9 Å². The highest BCUT2D eigenvalue weighted by atomic mass is 79.9. The minimum absolute atomic E-state index is 0.0105. The molecular formula is C26H22BrF4N7O3S. The van der Waals surface area contributed by atoms with Crippen molar-refractivity contribution in [2.75, 3.05) is 6.61 Å². The largest absolute Gasteiger partial charge is 0.418 e. The average molecular weight is 668 g/mol. The molecule has 16 heteroatoms. The van der Waals surface area contributed by atoms with Crippen molar-refractivity contribution >= 4 is 37.5 Å². The van der Waals surface area contributed by atoms with E-state index in [1.807, 2.05) is 0 Å². The molecule has 2 N–H and O–H groups in total. The summed E-state index contributed by atoms with van der Waals surface area (Å²) >= 11 is 4.36. The van der Waals surface area contributed by atoms with Crippen molar-refractivity contribution < 1.29 is 32.5 Å². The van der Waals surface area contributed by atoms with E-state index in [0.29, 0.717) is 21.0 Å². The first-order valence-corrected chi connectivity index (χ1v) is 14.3. The summed E-state index contributed by atoms with van der Waals surface area (Å²) in [4.78, 5) is 8.60. The summed E-state index contributed by atoms with van der Waals surface area (Å²) < 4.78 is 66.2. The number of fused-ring (bicyclic) bond motifs is 1. The first-order chi connectivity index (χ1) is 19.9. The zero-order valence-corrected chi connectivity index (χ0v) is 24.3. The van der Waals surface area contributed by atoms with Gasteiger partial charge in [0.1, 0.15) is 35.6 Å². The lowest BCUT2D eigenvalue weighted by Crippen LogP contribution is -2.45.